The SMILES string of the molecule is O=c1[nH]cc(I)c(C(F)F)c1[N+](=O)[O-]. The lowest BCUT2D eigenvalue weighted by atomic mass is 10.2. The third-order valence-corrected chi connectivity index (χ3v) is 2.35. The fourth-order valence-corrected chi connectivity index (χ4v) is 1.55. The van der Waals surface area contributed by atoms with Gasteiger partial charge in [-0.3, -0.25) is 14.9 Å². The third kappa shape index (κ3) is 1.89. The highest BCUT2D eigenvalue weighted by Crippen LogP contribution is 2.29. The van der Waals surface area contributed by atoms with Crippen LogP contribution in [0.15, 0.2) is 11.0 Å². The molecule has 76 valence electrons. The first-order chi connectivity index (χ1) is 6.45. The molecular weight excluding hydrogens is 313 g/mol. The number of rotatable bonds is 2. The zero-order valence-corrected chi connectivity index (χ0v) is 8.62. The molecule has 0 aliphatic rings. The summed E-state index contributed by atoms with van der Waals surface area (Å²) >= 11 is 1.50. The van der Waals surface area contributed by atoms with Crippen LogP contribution in [0.2, 0.25) is 0 Å². The molecule has 0 atom stereocenters. The van der Waals surface area contributed by atoms with Gasteiger partial charge in [0.1, 0.15) is 5.56 Å². The van der Waals surface area contributed by atoms with Gasteiger partial charge in [-0.1, -0.05) is 0 Å². The number of hydrogen-bond acceptors (Lipinski definition) is 3. The van der Waals surface area contributed by atoms with Gasteiger partial charge in [0.05, 0.1) is 4.92 Å². The first-order valence-corrected chi connectivity index (χ1v) is 4.36. The molecule has 1 aromatic rings. The second-order valence-electron chi connectivity index (χ2n) is 2.29. The molecule has 0 bridgehead atoms. The number of nitrogens with one attached hydrogen (secondary N) is 1. The van der Waals surface area contributed by atoms with Crippen LogP contribution in [0.25, 0.3) is 0 Å². The summed E-state index contributed by atoms with van der Waals surface area (Å²) in [4.78, 5) is 22.2. The molecule has 0 spiro atoms. The minimum absolute atomic E-state index is 0.0381. The van der Waals surface area contributed by atoms with Gasteiger partial charge in [-0.2, -0.15) is 0 Å². The van der Waals surface area contributed by atoms with Gasteiger partial charge in [0.2, 0.25) is 0 Å². The molecule has 1 heterocycles. The number of nitrogens with zero attached hydrogens (tertiary/aromatic N) is 1. The summed E-state index contributed by atoms with van der Waals surface area (Å²) in [6.07, 6.45) is -2.03. The van der Waals surface area contributed by atoms with Crippen LogP contribution in [0, 0.1) is 13.7 Å². The van der Waals surface area contributed by atoms with Crippen LogP contribution in [-0.4, -0.2) is 9.91 Å². The normalized spacial score (nSPS) is 10.6. The summed E-state index contributed by atoms with van der Waals surface area (Å²) in [6, 6.07) is 0. The first-order valence-electron chi connectivity index (χ1n) is 3.28. The van der Waals surface area contributed by atoms with Crippen molar-refractivity contribution >= 4 is 28.3 Å². The van der Waals surface area contributed by atoms with Crippen molar-refractivity contribution in [3.8, 4) is 0 Å². The van der Waals surface area contributed by atoms with E-state index in [9.17, 15) is 23.7 Å². The average molecular weight is 316 g/mol. The summed E-state index contributed by atoms with van der Waals surface area (Å²) in [5.74, 6) is 0. The maximum atomic E-state index is 12.4. The Kier molecular flexibility index (Phi) is 3.13. The first kappa shape index (κ1) is 11.0. The van der Waals surface area contributed by atoms with Gasteiger partial charge in [0.15, 0.2) is 0 Å². The quantitative estimate of drug-likeness (QED) is 0.514. The van der Waals surface area contributed by atoms with E-state index in [4.69, 9.17) is 0 Å². The molecule has 0 saturated heterocycles. The molecule has 1 N–H and O–H groups in total. The largest absolute Gasteiger partial charge is 0.343 e. The highest BCUT2D eigenvalue weighted by molar-refractivity contribution is 14.1. The number of H-pyrrole nitrogens is 1. The van der Waals surface area contributed by atoms with Crippen LogP contribution < -0.4 is 5.56 Å². The van der Waals surface area contributed by atoms with E-state index >= 15 is 0 Å². The summed E-state index contributed by atoms with van der Waals surface area (Å²) in [5.41, 5.74) is -3.04. The van der Waals surface area contributed by atoms with Gasteiger partial charge in [-0.25, -0.2) is 8.78 Å². The molecule has 8 heteroatoms. The maximum absolute atomic E-state index is 12.4. The fraction of sp³-hybridized carbons (Fsp3) is 0.167. The van der Waals surface area contributed by atoms with Crippen LogP contribution in [0.1, 0.15) is 12.0 Å². The lowest BCUT2D eigenvalue weighted by Crippen LogP contribution is -2.15. The van der Waals surface area contributed by atoms with Gasteiger partial charge >= 0.3 is 11.2 Å². The van der Waals surface area contributed by atoms with Crippen molar-refractivity contribution in [1.29, 1.82) is 0 Å². The number of halogens is 3. The molecular formula is C6H3F2IN2O3. The lowest BCUT2D eigenvalue weighted by molar-refractivity contribution is -0.387. The van der Waals surface area contributed by atoms with Crippen molar-refractivity contribution in [2.75, 3.05) is 0 Å². The Morgan fingerprint density at radius 2 is 2.14 bits per heavy atom. The molecule has 0 aliphatic carbocycles. The Labute approximate surface area is 89.4 Å². The number of pyridine rings is 1. The number of hydrogen-bond donors (Lipinski definition) is 1. The zero-order chi connectivity index (χ0) is 10.9. The van der Waals surface area contributed by atoms with Crippen LogP contribution in [0.4, 0.5) is 14.5 Å². The van der Waals surface area contributed by atoms with Gasteiger partial charge < -0.3 is 4.98 Å². The standard InChI is InChI=1S/C6H3F2IN2O3/c7-5(8)3-2(9)1-10-6(12)4(3)11(13)14/h1,5H,(H,10,12). The molecule has 1 rings (SSSR count). The van der Waals surface area contributed by atoms with Crippen molar-refractivity contribution in [3.05, 3.63) is 35.8 Å². The Balaban J connectivity index is 3.58. The lowest BCUT2D eigenvalue weighted by Gasteiger charge is -2.02. The predicted molar refractivity (Wildman–Crippen MR) is 51.4 cm³/mol. The molecule has 0 amide bonds. The molecule has 1 aromatic heterocycles. The molecule has 14 heavy (non-hydrogen) atoms. The highest BCUT2D eigenvalue weighted by Gasteiger charge is 2.28. The number of alkyl halides is 2. The maximum Gasteiger partial charge on any atom is 0.343 e. The minimum Gasteiger partial charge on any atom is -0.322 e. The highest BCUT2D eigenvalue weighted by atomic mass is 127. The molecule has 0 saturated carbocycles. The summed E-state index contributed by atoms with van der Waals surface area (Å²) in [5, 5.41) is 10.3. The Hall–Kier alpha value is -1.06. The smallest absolute Gasteiger partial charge is 0.322 e. The average Bonchev–Trinajstić information content (AvgIpc) is 2.07. The van der Waals surface area contributed by atoms with E-state index in [0.717, 1.165) is 6.20 Å². The second kappa shape index (κ2) is 3.98. The summed E-state index contributed by atoms with van der Waals surface area (Å²) in [6.45, 7) is 0. The van der Waals surface area contributed by atoms with E-state index in [1.165, 1.54) is 22.6 Å². The van der Waals surface area contributed by atoms with E-state index in [2.05, 4.69) is 0 Å². The molecule has 0 aromatic carbocycles. The van der Waals surface area contributed by atoms with E-state index in [-0.39, 0.29) is 3.57 Å². The van der Waals surface area contributed by atoms with Crippen molar-refractivity contribution < 1.29 is 13.7 Å². The van der Waals surface area contributed by atoms with Crippen molar-refractivity contribution in [2.45, 2.75) is 6.43 Å². The Bertz CT molecular complexity index is 432. The predicted octanol–water partition coefficient (Wildman–Crippen LogP) is 1.83. The van der Waals surface area contributed by atoms with Crippen LogP contribution >= 0.6 is 22.6 Å². The fourth-order valence-electron chi connectivity index (χ4n) is 0.899. The monoisotopic (exact) mass is 316 g/mol. The van der Waals surface area contributed by atoms with E-state index in [0.29, 0.717) is 0 Å². The minimum atomic E-state index is -3.04. The van der Waals surface area contributed by atoms with Gasteiger partial charge in [-0.05, 0) is 22.6 Å². The van der Waals surface area contributed by atoms with Gasteiger partial charge in [0, 0.05) is 9.77 Å². The van der Waals surface area contributed by atoms with E-state index in [1.807, 2.05) is 4.98 Å². The molecule has 0 radical (unpaired) electrons. The molecule has 0 fully saturated rings. The zero-order valence-electron chi connectivity index (χ0n) is 6.46. The molecule has 5 nitrogen and oxygen atoms in total. The summed E-state index contributed by atoms with van der Waals surface area (Å²) < 4.78 is 24.7. The topological polar surface area (TPSA) is 76.0 Å². The molecule has 0 unspecified atom stereocenters. The Morgan fingerprint density at radius 3 is 2.50 bits per heavy atom. The van der Waals surface area contributed by atoms with Gasteiger partial charge in [-0.15, -0.1) is 0 Å². The number of nitro groups is 1. The van der Waals surface area contributed by atoms with Crippen LogP contribution in [-0.2, 0) is 0 Å². The van der Waals surface area contributed by atoms with Crippen molar-refractivity contribution in [2.24, 2.45) is 0 Å². The van der Waals surface area contributed by atoms with Crippen LogP contribution in [0.3, 0.4) is 0 Å². The number of aromatic amines is 1. The number of aromatic nitrogens is 1. The van der Waals surface area contributed by atoms with Crippen molar-refractivity contribution in [1.82, 2.24) is 4.98 Å². The second-order valence-corrected chi connectivity index (χ2v) is 3.45. The van der Waals surface area contributed by atoms with E-state index in [1.54, 1.807) is 0 Å². The van der Waals surface area contributed by atoms with Gasteiger partial charge in [0.25, 0.3) is 6.43 Å². The van der Waals surface area contributed by atoms with E-state index < -0.39 is 28.2 Å². The van der Waals surface area contributed by atoms with Crippen LogP contribution in [0.5, 0.6) is 0 Å². The third-order valence-electron chi connectivity index (χ3n) is 1.46. The molecule has 0 aliphatic heterocycles. The Morgan fingerprint density at radius 1 is 1.57 bits per heavy atom. The van der Waals surface area contributed by atoms with Crippen molar-refractivity contribution in [3.63, 3.8) is 0 Å². The summed E-state index contributed by atoms with van der Waals surface area (Å²) in [7, 11) is 0.